The van der Waals surface area contributed by atoms with Crippen LogP contribution in [-0.2, 0) is 0 Å². The van der Waals surface area contributed by atoms with E-state index in [1.165, 1.54) is 25.8 Å². The lowest BCUT2D eigenvalue weighted by Gasteiger charge is -2.12. The number of halogens is 2. The third kappa shape index (κ3) is 2.74. The molecule has 98 valence electrons. The molecule has 20 heavy (non-hydrogen) atoms. The second-order valence-corrected chi connectivity index (χ2v) is 6.06. The molecule has 0 aliphatic heterocycles. The first kappa shape index (κ1) is 13.7. The van der Waals surface area contributed by atoms with Crippen molar-refractivity contribution in [2.24, 2.45) is 0 Å². The second kappa shape index (κ2) is 5.98. The predicted octanol–water partition coefficient (Wildman–Crippen LogP) is 6.28. The van der Waals surface area contributed by atoms with E-state index in [0.29, 0.717) is 0 Å². The highest BCUT2D eigenvalue weighted by molar-refractivity contribution is 14.1. The molecule has 2 heteroatoms. The molecule has 0 aliphatic rings. The Balaban J connectivity index is 2.22. The molecule has 0 atom stereocenters. The zero-order valence-electron chi connectivity index (χ0n) is 10.7. The van der Waals surface area contributed by atoms with E-state index in [2.05, 4.69) is 71.1 Å². The van der Waals surface area contributed by atoms with E-state index >= 15 is 0 Å². The number of benzene rings is 3. The highest BCUT2D eigenvalue weighted by Gasteiger charge is 2.11. The van der Waals surface area contributed by atoms with Gasteiger partial charge in [0.2, 0.25) is 0 Å². The van der Waals surface area contributed by atoms with Crippen LogP contribution in [0.3, 0.4) is 0 Å². The molecule has 0 saturated heterocycles. The molecule has 0 saturated carbocycles. The maximum absolute atomic E-state index is 6.32. The molecule has 0 amide bonds. The van der Waals surface area contributed by atoms with E-state index in [1.807, 2.05) is 24.3 Å². The van der Waals surface area contributed by atoms with Crippen molar-refractivity contribution in [3.8, 4) is 22.3 Å². The van der Waals surface area contributed by atoms with Gasteiger partial charge in [-0.1, -0.05) is 72.3 Å². The Morgan fingerprint density at radius 1 is 0.650 bits per heavy atom. The quantitative estimate of drug-likeness (QED) is 0.452. The van der Waals surface area contributed by atoms with Crippen molar-refractivity contribution in [2.45, 2.75) is 0 Å². The van der Waals surface area contributed by atoms with Gasteiger partial charge in [0.1, 0.15) is 0 Å². The Morgan fingerprint density at radius 3 is 1.45 bits per heavy atom. The standard InChI is InChI=1S/C18H12ClI/c19-15-11-16(13-7-3-1-4-8-13)18(20)17(12-15)14-9-5-2-6-10-14/h1-12H. The van der Waals surface area contributed by atoms with Crippen LogP contribution in [-0.4, -0.2) is 0 Å². The summed E-state index contributed by atoms with van der Waals surface area (Å²) in [7, 11) is 0. The van der Waals surface area contributed by atoms with Crippen LogP contribution in [0.1, 0.15) is 0 Å². The van der Waals surface area contributed by atoms with Crippen molar-refractivity contribution in [1.82, 2.24) is 0 Å². The third-order valence-corrected chi connectivity index (χ3v) is 4.59. The van der Waals surface area contributed by atoms with Gasteiger partial charge in [0.15, 0.2) is 0 Å². The van der Waals surface area contributed by atoms with Gasteiger partial charge in [0.05, 0.1) is 0 Å². The summed E-state index contributed by atoms with van der Waals surface area (Å²) < 4.78 is 1.23. The van der Waals surface area contributed by atoms with Crippen molar-refractivity contribution in [3.63, 3.8) is 0 Å². The van der Waals surface area contributed by atoms with Crippen LogP contribution in [0.25, 0.3) is 22.3 Å². The molecule has 0 nitrogen and oxygen atoms in total. The first-order valence-corrected chi connectivity index (χ1v) is 7.81. The van der Waals surface area contributed by atoms with Crippen LogP contribution in [0.2, 0.25) is 5.02 Å². The minimum absolute atomic E-state index is 0.767. The SMILES string of the molecule is Clc1cc(-c2ccccc2)c(I)c(-c2ccccc2)c1. The van der Waals surface area contributed by atoms with Gasteiger partial charge in [0.25, 0.3) is 0 Å². The van der Waals surface area contributed by atoms with E-state index in [4.69, 9.17) is 11.6 Å². The molecule has 0 bridgehead atoms. The molecule has 0 aliphatic carbocycles. The third-order valence-electron chi connectivity index (χ3n) is 3.21. The zero-order valence-corrected chi connectivity index (χ0v) is 13.6. The van der Waals surface area contributed by atoms with Gasteiger partial charge >= 0.3 is 0 Å². The fraction of sp³-hybridized carbons (Fsp3) is 0. The molecule has 0 spiro atoms. The summed E-state index contributed by atoms with van der Waals surface area (Å²) in [6.45, 7) is 0. The van der Waals surface area contributed by atoms with Crippen molar-refractivity contribution < 1.29 is 0 Å². The van der Waals surface area contributed by atoms with Crippen molar-refractivity contribution in [2.75, 3.05) is 0 Å². The average molecular weight is 391 g/mol. The van der Waals surface area contributed by atoms with Crippen LogP contribution in [0, 0.1) is 3.57 Å². The van der Waals surface area contributed by atoms with E-state index in [1.54, 1.807) is 0 Å². The Hall–Kier alpha value is -1.32. The second-order valence-electron chi connectivity index (χ2n) is 4.55. The topological polar surface area (TPSA) is 0 Å². The first-order valence-electron chi connectivity index (χ1n) is 6.35. The summed E-state index contributed by atoms with van der Waals surface area (Å²) in [6, 6.07) is 24.8. The van der Waals surface area contributed by atoms with Gasteiger partial charge in [-0.05, 0) is 57.0 Å². The number of rotatable bonds is 2. The molecule has 0 radical (unpaired) electrons. The number of hydrogen-bond acceptors (Lipinski definition) is 0. The van der Waals surface area contributed by atoms with Gasteiger partial charge in [0, 0.05) is 8.59 Å². The molecule has 3 aromatic rings. The number of hydrogen-bond donors (Lipinski definition) is 0. The lowest BCUT2D eigenvalue weighted by atomic mass is 9.99. The molecule has 0 unspecified atom stereocenters. The van der Waals surface area contributed by atoms with E-state index < -0.39 is 0 Å². The average Bonchev–Trinajstić information content (AvgIpc) is 2.51. The van der Waals surface area contributed by atoms with Crippen molar-refractivity contribution in [1.29, 1.82) is 0 Å². The first-order chi connectivity index (χ1) is 9.75. The minimum Gasteiger partial charge on any atom is -0.0843 e. The highest BCUT2D eigenvalue weighted by Crippen LogP contribution is 2.36. The summed E-state index contributed by atoms with van der Waals surface area (Å²) in [4.78, 5) is 0. The van der Waals surface area contributed by atoms with Gasteiger partial charge in [-0.15, -0.1) is 0 Å². The minimum atomic E-state index is 0.767. The zero-order chi connectivity index (χ0) is 13.9. The summed E-state index contributed by atoms with van der Waals surface area (Å²) in [5.74, 6) is 0. The molecule has 3 aromatic carbocycles. The van der Waals surface area contributed by atoms with E-state index in [0.717, 1.165) is 5.02 Å². The molecular formula is C18H12ClI. The van der Waals surface area contributed by atoms with E-state index in [9.17, 15) is 0 Å². The van der Waals surface area contributed by atoms with Gasteiger partial charge < -0.3 is 0 Å². The van der Waals surface area contributed by atoms with Gasteiger partial charge in [-0.25, -0.2) is 0 Å². The Labute approximate surface area is 137 Å². The highest BCUT2D eigenvalue weighted by atomic mass is 127. The van der Waals surface area contributed by atoms with Crippen LogP contribution in [0.4, 0.5) is 0 Å². The lowest BCUT2D eigenvalue weighted by molar-refractivity contribution is 1.55. The Kier molecular flexibility index (Phi) is 4.08. The fourth-order valence-corrected chi connectivity index (χ4v) is 3.40. The van der Waals surface area contributed by atoms with Gasteiger partial charge in [-0.2, -0.15) is 0 Å². The van der Waals surface area contributed by atoms with Crippen LogP contribution < -0.4 is 0 Å². The fourth-order valence-electron chi connectivity index (χ4n) is 2.24. The molecule has 0 N–H and O–H groups in total. The monoisotopic (exact) mass is 390 g/mol. The van der Waals surface area contributed by atoms with Crippen LogP contribution in [0.5, 0.6) is 0 Å². The summed E-state index contributed by atoms with van der Waals surface area (Å²) >= 11 is 8.72. The predicted molar refractivity (Wildman–Crippen MR) is 95.0 cm³/mol. The maximum atomic E-state index is 6.32. The van der Waals surface area contributed by atoms with Crippen LogP contribution >= 0.6 is 34.2 Å². The van der Waals surface area contributed by atoms with Crippen molar-refractivity contribution in [3.05, 3.63) is 81.4 Å². The van der Waals surface area contributed by atoms with Crippen molar-refractivity contribution >= 4 is 34.2 Å². The van der Waals surface area contributed by atoms with Gasteiger partial charge in [-0.3, -0.25) is 0 Å². The molecule has 0 aromatic heterocycles. The molecule has 0 heterocycles. The maximum Gasteiger partial charge on any atom is 0.0419 e. The molecular weight excluding hydrogens is 379 g/mol. The largest absolute Gasteiger partial charge is 0.0843 e. The Bertz CT molecular complexity index is 660. The summed E-state index contributed by atoms with van der Waals surface area (Å²) in [5.41, 5.74) is 4.74. The van der Waals surface area contributed by atoms with E-state index in [-0.39, 0.29) is 0 Å². The molecule has 0 fully saturated rings. The van der Waals surface area contributed by atoms with Crippen LogP contribution in [0.15, 0.2) is 72.8 Å². The summed E-state index contributed by atoms with van der Waals surface area (Å²) in [5, 5.41) is 0.767. The normalized spacial score (nSPS) is 10.5. The smallest absolute Gasteiger partial charge is 0.0419 e. The molecule has 3 rings (SSSR count). The Morgan fingerprint density at radius 2 is 1.05 bits per heavy atom. The summed E-state index contributed by atoms with van der Waals surface area (Å²) in [6.07, 6.45) is 0. The lowest BCUT2D eigenvalue weighted by Crippen LogP contribution is -1.89.